The first kappa shape index (κ1) is 8.87. The lowest BCUT2D eigenvalue weighted by molar-refractivity contribution is 0.174. The predicted octanol–water partition coefficient (Wildman–Crippen LogP) is 2.48. The summed E-state index contributed by atoms with van der Waals surface area (Å²) >= 11 is 3.16. The lowest BCUT2D eigenvalue weighted by Gasteiger charge is -2.04. The number of hydrogen-bond donors (Lipinski definition) is 1. The van der Waals surface area contributed by atoms with Crippen molar-refractivity contribution in [3.63, 3.8) is 0 Å². The van der Waals surface area contributed by atoms with Gasteiger partial charge in [-0.2, -0.15) is 11.3 Å². The van der Waals surface area contributed by atoms with Gasteiger partial charge in [0, 0.05) is 11.8 Å². The number of aromatic nitrogens is 1. The molecule has 2 heterocycles. The second kappa shape index (κ2) is 4.00. The Bertz CT molecular complexity index is 342. The van der Waals surface area contributed by atoms with Crippen molar-refractivity contribution in [1.82, 2.24) is 4.98 Å². The maximum absolute atomic E-state index is 9.73. The summed E-state index contributed by atoms with van der Waals surface area (Å²) in [6.45, 7) is 0. The Kier molecular flexibility index (Phi) is 2.73. The third kappa shape index (κ3) is 2.15. The third-order valence-corrected chi connectivity index (χ3v) is 3.14. The molecule has 13 heavy (non-hydrogen) atoms. The molecule has 0 aliphatic rings. The molecule has 0 bridgehead atoms. The van der Waals surface area contributed by atoms with Gasteiger partial charge in [0.1, 0.15) is 6.10 Å². The van der Waals surface area contributed by atoms with E-state index in [-0.39, 0.29) is 0 Å². The van der Waals surface area contributed by atoms with Crippen LogP contribution in [-0.2, 0) is 6.42 Å². The van der Waals surface area contributed by atoms with E-state index in [9.17, 15) is 5.11 Å². The smallest absolute Gasteiger partial charge is 0.101 e. The van der Waals surface area contributed by atoms with Crippen LogP contribution in [0.4, 0.5) is 0 Å². The quantitative estimate of drug-likeness (QED) is 0.846. The van der Waals surface area contributed by atoms with Crippen LogP contribution < -0.4 is 0 Å². The molecule has 0 aromatic carbocycles. The van der Waals surface area contributed by atoms with Gasteiger partial charge in [0.15, 0.2) is 0 Å². The lowest BCUT2D eigenvalue weighted by atomic mass is 10.1. The Morgan fingerprint density at radius 1 is 1.38 bits per heavy atom. The Labute approximate surface area is 84.5 Å². The summed E-state index contributed by atoms with van der Waals surface area (Å²) in [6, 6.07) is 2.03. The molecule has 2 aromatic heterocycles. The van der Waals surface area contributed by atoms with Gasteiger partial charge < -0.3 is 5.11 Å². The summed E-state index contributed by atoms with van der Waals surface area (Å²) in [5, 5.41) is 15.7. The molecule has 0 saturated heterocycles. The number of hydrogen-bond acceptors (Lipinski definition) is 4. The fourth-order valence-corrected chi connectivity index (χ4v) is 2.41. The zero-order valence-electron chi connectivity index (χ0n) is 6.88. The van der Waals surface area contributed by atoms with Crippen LogP contribution in [0.2, 0.25) is 0 Å². The minimum atomic E-state index is -0.458. The maximum atomic E-state index is 9.73. The van der Waals surface area contributed by atoms with Gasteiger partial charge in [0.2, 0.25) is 0 Å². The molecule has 1 atom stereocenters. The number of nitrogens with zero attached hydrogens (tertiary/aromatic N) is 1. The van der Waals surface area contributed by atoms with Gasteiger partial charge in [0.05, 0.1) is 11.2 Å². The normalized spacial score (nSPS) is 13.0. The molecule has 1 N–H and O–H groups in total. The molecule has 2 rings (SSSR count). The maximum Gasteiger partial charge on any atom is 0.101 e. The molecule has 0 aliphatic heterocycles. The molecular weight excluding hydrogens is 202 g/mol. The number of aliphatic hydroxyl groups excluding tert-OH is 1. The SMILES string of the molecule is OC(Cc1ccsc1)c1cscn1. The molecule has 0 saturated carbocycles. The van der Waals surface area contributed by atoms with Crippen LogP contribution in [-0.4, -0.2) is 10.1 Å². The number of thiazole rings is 1. The van der Waals surface area contributed by atoms with Gasteiger partial charge in [-0.25, -0.2) is 4.98 Å². The standard InChI is InChI=1S/C9H9NOS2/c11-9(8-5-13-6-10-8)3-7-1-2-12-4-7/h1-2,4-6,9,11H,3H2. The van der Waals surface area contributed by atoms with Crippen LogP contribution >= 0.6 is 22.7 Å². The van der Waals surface area contributed by atoms with Crippen molar-refractivity contribution in [3.8, 4) is 0 Å². The molecule has 0 radical (unpaired) electrons. The topological polar surface area (TPSA) is 33.1 Å². The van der Waals surface area contributed by atoms with Crippen molar-refractivity contribution in [2.75, 3.05) is 0 Å². The fourth-order valence-electron chi connectivity index (χ4n) is 1.12. The van der Waals surface area contributed by atoms with Gasteiger partial charge in [-0.15, -0.1) is 11.3 Å². The average molecular weight is 211 g/mol. The van der Waals surface area contributed by atoms with Crippen molar-refractivity contribution in [2.24, 2.45) is 0 Å². The highest BCUT2D eigenvalue weighted by Crippen LogP contribution is 2.19. The van der Waals surface area contributed by atoms with Gasteiger partial charge in [-0.05, 0) is 22.4 Å². The highest BCUT2D eigenvalue weighted by atomic mass is 32.1. The zero-order chi connectivity index (χ0) is 9.10. The summed E-state index contributed by atoms with van der Waals surface area (Å²) in [4.78, 5) is 4.07. The number of aliphatic hydroxyl groups is 1. The van der Waals surface area contributed by atoms with E-state index in [1.165, 1.54) is 16.9 Å². The first-order valence-electron chi connectivity index (χ1n) is 3.93. The molecule has 1 unspecified atom stereocenters. The van der Waals surface area contributed by atoms with Crippen LogP contribution in [0.3, 0.4) is 0 Å². The van der Waals surface area contributed by atoms with Gasteiger partial charge in [-0.3, -0.25) is 0 Å². The van der Waals surface area contributed by atoms with Crippen molar-refractivity contribution in [1.29, 1.82) is 0 Å². The molecule has 0 amide bonds. The Morgan fingerprint density at radius 3 is 2.92 bits per heavy atom. The summed E-state index contributed by atoms with van der Waals surface area (Å²) in [7, 11) is 0. The lowest BCUT2D eigenvalue weighted by Crippen LogP contribution is -2.00. The summed E-state index contributed by atoms with van der Waals surface area (Å²) < 4.78 is 0. The Morgan fingerprint density at radius 2 is 2.31 bits per heavy atom. The largest absolute Gasteiger partial charge is 0.386 e. The van der Waals surface area contributed by atoms with E-state index in [4.69, 9.17) is 0 Å². The van der Waals surface area contributed by atoms with Crippen LogP contribution in [0.15, 0.2) is 27.7 Å². The van der Waals surface area contributed by atoms with E-state index < -0.39 is 6.10 Å². The minimum Gasteiger partial charge on any atom is -0.386 e. The zero-order valence-corrected chi connectivity index (χ0v) is 8.52. The van der Waals surface area contributed by atoms with Crippen LogP contribution in [0.25, 0.3) is 0 Å². The van der Waals surface area contributed by atoms with Crippen molar-refractivity contribution in [2.45, 2.75) is 12.5 Å². The highest BCUT2D eigenvalue weighted by Gasteiger charge is 2.10. The second-order valence-electron chi connectivity index (χ2n) is 2.76. The monoisotopic (exact) mass is 211 g/mol. The van der Waals surface area contributed by atoms with Crippen LogP contribution in [0.1, 0.15) is 17.4 Å². The third-order valence-electron chi connectivity index (χ3n) is 1.80. The van der Waals surface area contributed by atoms with E-state index in [0.717, 1.165) is 5.69 Å². The Hall–Kier alpha value is -0.710. The van der Waals surface area contributed by atoms with Crippen molar-refractivity contribution < 1.29 is 5.11 Å². The molecule has 0 spiro atoms. The minimum absolute atomic E-state index is 0.458. The molecule has 0 fully saturated rings. The van der Waals surface area contributed by atoms with Crippen LogP contribution in [0.5, 0.6) is 0 Å². The summed E-state index contributed by atoms with van der Waals surface area (Å²) in [5.41, 5.74) is 3.69. The fraction of sp³-hybridized carbons (Fsp3) is 0.222. The van der Waals surface area contributed by atoms with E-state index in [1.807, 2.05) is 16.8 Å². The highest BCUT2D eigenvalue weighted by molar-refractivity contribution is 7.08. The van der Waals surface area contributed by atoms with E-state index in [2.05, 4.69) is 10.4 Å². The molecular formula is C9H9NOS2. The molecule has 68 valence electrons. The van der Waals surface area contributed by atoms with Crippen LogP contribution in [0, 0.1) is 0 Å². The average Bonchev–Trinajstić information content (AvgIpc) is 2.74. The molecule has 4 heteroatoms. The van der Waals surface area contributed by atoms with Crippen molar-refractivity contribution in [3.05, 3.63) is 39.0 Å². The summed E-state index contributed by atoms with van der Waals surface area (Å²) in [6.07, 6.45) is 0.202. The first-order chi connectivity index (χ1) is 6.36. The predicted molar refractivity (Wildman–Crippen MR) is 55.1 cm³/mol. The second-order valence-corrected chi connectivity index (χ2v) is 4.26. The number of rotatable bonds is 3. The van der Waals surface area contributed by atoms with Gasteiger partial charge >= 0.3 is 0 Å². The molecule has 2 aromatic rings. The Balaban J connectivity index is 2.04. The molecule has 2 nitrogen and oxygen atoms in total. The van der Waals surface area contributed by atoms with E-state index >= 15 is 0 Å². The van der Waals surface area contributed by atoms with E-state index in [0.29, 0.717) is 6.42 Å². The number of thiophene rings is 1. The van der Waals surface area contributed by atoms with Crippen molar-refractivity contribution >= 4 is 22.7 Å². The molecule has 0 aliphatic carbocycles. The first-order valence-corrected chi connectivity index (χ1v) is 5.82. The summed E-state index contributed by atoms with van der Waals surface area (Å²) in [5.74, 6) is 0. The van der Waals surface area contributed by atoms with Gasteiger partial charge in [0.25, 0.3) is 0 Å². The van der Waals surface area contributed by atoms with Gasteiger partial charge in [-0.1, -0.05) is 0 Å². The van der Waals surface area contributed by atoms with E-state index in [1.54, 1.807) is 16.8 Å².